The fourth-order valence-corrected chi connectivity index (χ4v) is 1.96. The van der Waals surface area contributed by atoms with E-state index in [0.29, 0.717) is 16.4 Å². The fourth-order valence-electron chi connectivity index (χ4n) is 1.73. The maximum absolute atomic E-state index is 10.9. The minimum atomic E-state index is -0.479. The monoisotopic (exact) mass is 280 g/mol. The van der Waals surface area contributed by atoms with E-state index in [0.717, 1.165) is 0 Å². The lowest BCUT2D eigenvalue weighted by Gasteiger charge is -2.22. The third-order valence-corrected chi connectivity index (χ3v) is 2.84. The van der Waals surface area contributed by atoms with Crippen LogP contribution in [0.25, 0.3) is 11.4 Å². The van der Waals surface area contributed by atoms with E-state index in [1.54, 1.807) is 12.4 Å². The molecule has 0 bridgehead atoms. The minimum Gasteiger partial charge on any atom is -0.308 e. The van der Waals surface area contributed by atoms with E-state index >= 15 is 0 Å². The van der Waals surface area contributed by atoms with Crippen molar-refractivity contribution >= 4 is 17.3 Å². The molecule has 0 saturated carbocycles. The molecule has 0 aliphatic heterocycles. The summed E-state index contributed by atoms with van der Waals surface area (Å²) in [6.45, 7) is 6.00. The smallest absolute Gasteiger partial charge is 0.271 e. The summed E-state index contributed by atoms with van der Waals surface area (Å²) in [5, 5.41) is 19.1. The largest absolute Gasteiger partial charge is 0.308 e. The molecule has 0 aliphatic carbocycles. The van der Waals surface area contributed by atoms with Crippen LogP contribution in [0, 0.1) is 10.1 Å². The molecule has 100 valence electrons. The van der Waals surface area contributed by atoms with Crippen molar-refractivity contribution in [3.05, 3.63) is 39.7 Å². The van der Waals surface area contributed by atoms with Gasteiger partial charge in [-0.2, -0.15) is 0 Å². The Labute approximate surface area is 115 Å². The molecular weight excluding hydrogens is 268 g/mol. The Morgan fingerprint density at radius 1 is 1.32 bits per heavy atom. The lowest BCUT2D eigenvalue weighted by molar-refractivity contribution is -0.384. The molecule has 0 fully saturated rings. The number of nitro groups is 1. The number of benzene rings is 1. The highest BCUT2D eigenvalue weighted by Crippen LogP contribution is 2.29. The van der Waals surface area contributed by atoms with Gasteiger partial charge < -0.3 is 4.57 Å². The third-order valence-electron chi connectivity index (χ3n) is 2.62. The average molecular weight is 281 g/mol. The minimum absolute atomic E-state index is 0.0639. The number of aromatic nitrogens is 3. The summed E-state index contributed by atoms with van der Waals surface area (Å²) in [5.41, 5.74) is 0.285. The van der Waals surface area contributed by atoms with Gasteiger partial charge in [0.25, 0.3) is 5.69 Å². The van der Waals surface area contributed by atoms with Crippen molar-refractivity contribution in [3.63, 3.8) is 0 Å². The van der Waals surface area contributed by atoms with Crippen molar-refractivity contribution in [3.8, 4) is 11.4 Å². The normalized spacial score (nSPS) is 11.6. The van der Waals surface area contributed by atoms with Crippen LogP contribution in [0.15, 0.2) is 24.5 Å². The van der Waals surface area contributed by atoms with Gasteiger partial charge in [-0.15, -0.1) is 10.2 Å². The first-order valence-corrected chi connectivity index (χ1v) is 6.02. The van der Waals surface area contributed by atoms with Gasteiger partial charge in [-0.25, -0.2) is 0 Å². The summed E-state index contributed by atoms with van der Waals surface area (Å²) >= 11 is 5.92. The molecule has 0 unspecified atom stereocenters. The Morgan fingerprint density at radius 3 is 2.58 bits per heavy atom. The molecule has 1 heterocycles. The molecule has 1 aromatic carbocycles. The van der Waals surface area contributed by atoms with Crippen molar-refractivity contribution < 1.29 is 4.92 Å². The van der Waals surface area contributed by atoms with E-state index in [4.69, 9.17) is 11.6 Å². The molecule has 0 spiro atoms. The first-order valence-electron chi connectivity index (χ1n) is 5.65. The SMILES string of the molecule is CC(C)(C)n1cnnc1-c1cc(Cl)cc([N+](=O)[O-])c1. The van der Waals surface area contributed by atoms with Gasteiger partial charge in [0.1, 0.15) is 6.33 Å². The summed E-state index contributed by atoms with van der Waals surface area (Å²) in [6.07, 6.45) is 1.60. The standard InChI is InChI=1S/C12H13ClN4O2/c1-12(2,3)16-7-14-15-11(16)8-4-9(13)6-10(5-8)17(18)19/h4-7H,1-3H3. The van der Waals surface area contributed by atoms with E-state index in [1.165, 1.54) is 12.1 Å². The number of nitrogens with zero attached hydrogens (tertiary/aromatic N) is 4. The predicted molar refractivity (Wildman–Crippen MR) is 72.1 cm³/mol. The second-order valence-electron chi connectivity index (χ2n) is 5.15. The lowest BCUT2D eigenvalue weighted by Crippen LogP contribution is -2.21. The van der Waals surface area contributed by atoms with Crippen LogP contribution in [0.4, 0.5) is 5.69 Å². The number of halogens is 1. The van der Waals surface area contributed by atoms with E-state index < -0.39 is 4.92 Å². The van der Waals surface area contributed by atoms with Crippen molar-refractivity contribution in [2.24, 2.45) is 0 Å². The molecule has 2 aromatic rings. The van der Waals surface area contributed by atoms with Crippen LogP contribution >= 0.6 is 11.6 Å². The maximum Gasteiger partial charge on any atom is 0.271 e. The van der Waals surface area contributed by atoms with E-state index in [-0.39, 0.29) is 11.2 Å². The first kappa shape index (κ1) is 13.5. The van der Waals surface area contributed by atoms with Crippen molar-refractivity contribution in [1.82, 2.24) is 14.8 Å². The molecule has 6 nitrogen and oxygen atoms in total. The fraction of sp³-hybridized carbons (Fsp3) is 0.333. The highest BCUT2D eigenvalue weighted by Gasteiger charge is 2.20. The number of hydrogen-bond donors (Lipinski definition) is 0. The Hall–Kier alpha value is -1.95. The first-order chi connectivity index (χ1) is 8.79. The average Bonchev–Trinajstić information content (AvgIpc) is 2.76. The molecule has 0 radical (unpaired) electrons. The van der Waals surface area contributed by atoms with E-state index in [1.807, 2.05) is 25.3 Å². The van der Waals surface area contributed by atoms with Gasteiger partial charge in [0.2, 0.25) is 0 Å². The number of rotatable bonds is 2. The van der Waals surface area contributed by atoms with Crippen LogP contribution in [0.3, 0.4) is 0 Å². The van der Waals surface area contributed by atoms with Gasteiger partial charge in [0.15, 0.2) is 5.82 Å². The molecule has 19 heavy (non-hydrogen) atoms. The van der Waals surface area contributed by atoms with Crippen LogP contribution < -0.4 is 0 Å². The summed E-state index contributed by atoms with van der Waals surface area (Å²) < 4.78 is 1.85. The topological polar surface area (TPSA) is 73.8 Å². The van der Waals surface area contributed by atoms with E-state index in [2.05, 4.69) is 10.2 Å². The summed E-state index contributed by atoms with van der Waals surface area (Å²) in [6, 6.07) is 4.39. The van der Waals surface area contributed by atoms with E-state index in [9.17, 15) is 10.1 Å². The molecule has 0 saturated heterocycles. The lowest BCUT2D eigenvalue weighted by atomic mass is 10.1. The predicted octanol–water partition coefficient (Wildman–Crippen LogP) is 3.26. The Bertz CT molecular complexity index is 631. The molecule has 1 aromatic heterocycles. The van der Waals surface area contributed by atoms with Crippen LogP contribution in [0.2, 0.25) is 5.02 Å². The summed E-state index contributed by atoms with van der Waals surface area (Å²) in [5.74, 6) is 0.554. The van der Waals surface area contributed by atoms with Crippen LogP contribution in [0.5, 0.6) is 0 Å². The van der Waals surface area contributed by atoms with Gasteiger partial charge in [-0.3, -0.25) is 10.1 Å². The van der Waals surface area contributed by atoms with Gasteiger partial charge in [-0.05, 0) is 26.8 Å². The summed E-state index contributed by atoms with van der Waals surface area (Å²) in [4.78, 5) is 10.4. The molecule has 2 rings (SSSR count). The Morgan fingerprint density at radius 2 is 2.00 bits per heavy atom. The zero-order chi connectivity index (χ0) is 14.2. The van der Waals surface area contributed by atoms with Crippen LogP contribution in [0.1, 0.15) is 20.8 Å². The van der Waals surface area contributed by atoms with Gasteiger partial charge in [0, 0.05) is 28.3 Å². The molecule has 0 aliphatic rings. The van der Waals surface area contributed by atoms with Crippen molar-refractivity contribution in [2.75, 3.05) is 0 Å². The number of hydrogen-bond acceptors (Lipinski definition) is 4. The van der Waals surface area contributed by atoms with Crippen LogP contribution in [-0.4, -0.2) is 19.7 Å². The Balaban J connectivity index is 2.60. The second kappa shape index (κ2) is 4.62. The van der Waals surface area contributed by atoms with Crippen molar-refractivity contribution in [2.45, 2.75) is 26.3 Å². The van der Waals surface area contributed by atoms with Gasteiger partial charge in [-0.1, -0.05) is 11.6 Å². The number of nitro benzene ring substituents is 1. The second-order valence-corrected chi connectivity index (χ2v) is 5.59. The third kappa shape index (κ3) is 2.73. The number of non-ortho nitro benzene ring substituents is 1. The maximum atomic E-state index is 10.9. The highest BCUT2D eigenvalue weighted by atomic mass is 35.5. The van der Waals surface area contributed by atoms with Gasteiger partial charge in [0.05, 0.1) is 4.92 Å². The highest BCUT2D eigenvalue weighted by molar-refractivity contribution is 6.31. The molecule has 0 atom stereocenters. The molecule has 0 amide bonds. The quantitative estimate of drug-likeness (QED) is 0.625. The molecule has 0 N–H and O–H groups in total. The van der Waals surface area contributed by atoms with Crippen molar-refractivity contribution in [1.29, 1.82) is 0 Å². The molecule has 7 heteroatoms. The summed E-state index contributed by atoms with van der Waals surface area (Å²) in [7, 11) is 0. The molecular formula is C12H13ClN4O2. The van der Waals surface area contributed by atoms with Crippen LogP contribution in [-0.2, 0) is 5.54 Å². The van der Waals surface area contributed by atoms with Gasteiger partial charge >= 0.3 is 0 Å². The zero-order valence-corrected chi connectivity index (χ0v) is 11.5. The zero-order valence-electron chi connectivity index (χ0n) is 10.8. The Kier molecular flexibility index (Phi) is 3.28.